The van der Waals surface area contributed by atoms with Gasteiger partial charge >= 0.3 is 23.9 Å². The van der Waals surface area contributed by atoms with Gasteiger partial charge in [-0.3, -0.25) is 9.59 Å². The van der Waals surface area contributed by atoms with Gasteiger partial charge < -0.3 is 18.9 Å². The lowest BCUT2D eigenvalue weighted by atomic mass is 9.71. The van der Waals surface area contributed by atoms with Crippen LogP contribution >= 0.6 is 0 Å². The summed E-state index contributed by atoms with van der Waals surface area (Å²) in [4.78, 5) is 48.9. The van der Waals surface area contributed by atoms with Gasteiger partial charge in [-0.1, -0.05) is 43.5 Å². The van der Waals surface area contributed by atoms with Crippen molar-refractivity contribution in [1.29, 1.82) is 0 Å². The van der Waals surface area contributed by atoms with Crippen LogP contribution in [0.2, 0.25) is 0 Å². The lowest BCUT2D eigenvalue weighted by Crippen LogP contribution is -2.29. The fraction of sp³-hybridized carbons (Fsp3) is 0.314. The quantitative estimate of drug-likeness (QED) is 0.0939. The Hall–Kier alpha value is -4.79. The first kappa shape index (κ1) is 32.1. The van der Waals surface area contributed by atoms with E-state index >= 15 is 0 Å². The summed E-state index contributed by atoms with van der Waals surface area (Å²) in [6.45, 7) is 9.59. The zero-order chi connectivity index (χ0) is 31.9. The van der Waals surface area contributed by atoms with E-state index in [-0.39, 0.29) is 63.3 Å². The molecule has 0 N–H and O–H groups in total. The van der Waals surface area contributed by atoms with Crippen molar-refractivity contribution in [2.75, 3.05) is 26.4 Å². The second-order valence-corrected chi connectivity index (χ2v) is 10.8. The molecule has 3 aromatic carbocycles. The van der Waals surface area contributed by atoms with Crippen LogP contribution in [0.3, 0.4) is 0 Å². The molecule has 0 bridgehead atoms. The summed E-state index contributed by atoms with van der Waals surface area (Å²) in [6, 6.07) is 16.5. The Morgan fingerprint density at radius 1 is 0.659 bits per heavy atom. The van der Waals surface area contributed by atoms with Crippen molar-refractivity contribution < 1.29 is 42.5 Å². The van der Waals surface area contributed by atoms with E-state index in [2.05, 4.69) is 13.2 Å². The minimum Gasteiger partial charge on any atom is -0.462 e. The van der Waals surface area contributed by atoms with Crippen molar-refractivity contribution in [2.45, 2.75) is 44.9 Å². The van der Waals surface area contributed by atoms with E-state index in [1.54, 1.807) is 6.07 Å². The molecule has 1 aliphatic carbocycles. The third kappa shape index (κ3) is 7.40. The van der Waals surface area contributed by atoms with Crippen molar-refractivity contribution in [3.63, 3.8) is 0 Å². The molecule has 0 radical (unpaired) electrons. The standard InChI is InChI=1S/C35H35FO8/c1-22(2)33(39)43-17-15-41-31(37)11-13-35(14-12-32(38)42-16-18-44-34(40)23(3)4)29-20-25-8-6-5-7-24(25)19-28(29)27-10-9-26(36)21-30(27)35/h5-10,19-21H,1,3,11-18H2,2,4H3. The molecule has 0 atom stereocenters. The Kier molecular flexibility index (Phi) is 10.3. The second-order valence-electron chi connectivity index (χ2n) is 10.8. The maximum Gasteiger partial charge on any atom is 0.333 e. The number of ether oxygens (including phenoxy) is 4. The van der Waals surface area contributed by atoms with Crippen molar-refractivity contribution in [1.82, 2.24) is 0 Å². The Morgan fingerprint density at radius 2 is 1.14 bits per heavy atom. The van der Waals surface area contributed by atoms with Gasteiger partial charge in [-0.2, -0.15) is 0 Å². The molecule has 0 heterocycles. The smallest absolute Gasteiger partial charge is 0.333 e. The van der Waals surface area contributed by atoms with Gasteiger partial charge in [0.05, 0.1) is 0 Å². The van der Waals surface area contributed by atoms with Gasteiger partial charge in [0.15, 0.2) is 0 Å². The number of hydrogen-bond donors (Lipinski definition) is 0. The number of benzene rings is 3. The monoisotopic (exact) mass is 602 g/mol. The van der Waals surface area contributed by atoms with Gasteiger partial charge in [0.25, 0.3) is 0 Å². The number of carbonyl (C=O) groups is 4. The van der Waals surface area contributed by atoms with E-state index in [0.29, 0.717) is 5.56 Å². The summed E-state index contributed by atoms with van der Waals surface area (Å²) in [5.41, 5.74) is 2.85. The summed E-state index contributed by atoms with van der Waals surface area (Å²) in [6.07, 6.45) is 0.372. The van der Waals surface area contributed by atoms with Crippen molar-refractivity contribution in [3.05, 3.63) is 95.8 Å². The summed E-state index contributed by atoms with van der Waals surface area (Å²) in [5, 5.41) is 1.97. The number of halogens is 1. The van der Waals surface area contributed by atoms with Crippen LogP contribution in [0.4, 0.5) is 4.39 Å². The molecule has 0 amide bonds. The third-order valence-corrected chi connectivity index (χ3v) is 7.56. The molecular formula is C35H35FO8. The topological polar surface area (TPSA) is 105 Å². The molecule has 8 nitrogen and oxygen atoms in total. The molecule has 0 unspecified atom stereocenters. The van der Waals surface area contributed by atoms with E-state index in [1.807, 2.05) is 36.4 Å². The Morgan fingerprint density at radius 3 is 1.66 bits per heavy atom. The minimum atomic E-state index is -0.909. The van der Waals surface area contributed by atoms with Gasteiger partial charge in [-0.15, -0.1) is 0 Å². The normalized spacial score (nSPS) is 12.5. The summed E-state index contributed by atoms with van der Waals surface area (Å²) < 4.78 is 35.4. The minimum absolute atomic E-state index is 0.0391. The first-order chi connectivity index (χ1) is 21.0. The van der Waals surface area contributed by atoms with E-state index in [1.165, 1.54) is 26.0 Å². The molecule has 0 spiro atoms. The highest BCUT2D eigenvalue weighted by molar-refractivity contribution is 5.94. The Balaban J connectivity index is 1.57. The zero-order valence-corrected chi connectivity index (χ0v) is 24.9. The van der Waals surface area contributed by atoms with Crippen LogP contribution in [0.15, 0.2) is 78.9 Å². The van der Waals surface area contributed by atoms with Crippen LogP contribution in [0.25, 0.3) is 21.9 Å². The number of carbonyl (C=O) groups excluding carboxylic acids is 4. The lowest BCUT2D eigenvalue weighted by Gasteiger charge is -2.32. The maximum atomic E-state index is 14.8. The van der Waals surface area contributed by atoms with Gasteiger partial charge in [0.1, 0.15) is 32.2 Å². The Bertz CT molecular complexity index is 1570. The molecule has 4 rings (SSSR count). The SMILES string of the molecule is C=C(C)C(=O)OCCOC(=O)CCC1(CCC(=O)OCCOC(=O)C(=C)C)c2cc(F)ccc2-c2cc3ccccc3cc21. The van der Waals surface area contributed by atoms with Crippen molar-refractivity contribution >= 4 is 34.6 Å². The molecule has 0 aliphatic heterocycles. The Labute approximate surface area is 255 Å². The van der Waals surface area contributed by atoms with Gasteiger partial charge in [0, 0.05) is 29.4 Å². The number of fused-ring (bicyclic) bond motifs is 4. The molecule has 0 fully saturated rings. The van der Waals surface area contributed by atoms with E-state index in [4.69, 9.17) is 18.9 Å². The van der Waals surface area contributed by atoms with Crippen LogP contribution < -0.4 is 0 Å². The van der Waals surface area contributed by atoms with Gasteiger partial charge in [0.2, 0.25) is 0 Å². The second kappa shape index (κ2) is 14.1. The highest BCUT2D eigenvalue weighted by Crippen LogP contribution is 2.55. The molecule has 44 heavy (non-hydrogen) atoms. The molecule has 9 heteroatoms. The predicted molar refractivity (Wildman–Crippen MR) is 162 cm³/mol. The number of hydrogen-bond acceptors (Lipinski definition) is 8. The molecule has 1 aliphatic rings. The molecule has 230 valence electrons. The van der Waals surface area contributed by atoms with Crippen molar-refractivity contribution in [2.24, 2.45) is 0 Å². The van der Waals surface area contributed by atoms with Gasteiger partial charge in [-0.25, -0.2) is 14.0 Å². The van der Waals surface area contributed by atoms with Crippen molar-refractivity contribution in [3.8, 4) is 11.1 Å². The summed E-state index contributed by atoms with van der Waals surface area (Å²) >= 11 is 0. The largest absolute Gasteiger partial charge is 0.462 e. The fourth-order valence-corrected chi connectivity index (χ4v) is 5.42. The first-order valence-corrected chi connectivity index (χ1v) is 14.3. The van der Waals surface area contributed by atoms with E-state index < -0.39 is 35.1 Å². The summed E-state index contributed by atoms with van der Waals surface area (Å²) in [5.74, 6) is -2.63. The third-order valence-electron chi connectivity index (χ3n) is 7.56. The van der Waals surface area contributed by atoms with Crippen LogP contribution in [0.5, 0.6) is 0 Å². The molecule has 0 aromatic heterocycles. The number of esters is 4. The average Bonchev–Trinajstić information content (AvgIpc) is 3.25. The average molecular weight is 603 g/mol. The highest BCUT2D eigenvalue weighted by Gasteiger charge is 2.44. The zero-order valence-electron chi connectivity index (χ0n) is 24.9. The molecular weight excluding hydrogens is 567 g/mol. The predicted octanol–water partition coefficient (Wildman–Crippen LogP) is 6.13. The highest BCUT2D eigenvalue weighted by atomic mass is 19.1. The number of rotatable bonds is 14. The van der Waals surface area contributed by atoms with Gasteiger partial charge in [-0.05, 0) is 84.0 Å². The van der Waals surface area contributed by atoms with Crippen LogP contribution in [-0.2, 0) is 43.5 Å². The molecule has 0 saturated heterocycles. The van der Waals surface area contributed by atoms with Crippen LogP contribution in [-0.4, -0.2) is 50.3 Å². The first-order valence-electron chi connectivity index (χ1n) is 14.3. The molecule has 0 saturated carbocycles. The molecule has 3 aromatic rings. The van der Waals surface area contributed by atoms with Crippen LogP contribution in [0.1, 0.15) is 50.7 Å². The van der Waals surface area contributed by atoms with E-state index in [0.717, 1.165) is 27.5 Å². The van der Waals surface area contributed by atoms with Crippen LogP contribution in [0, 0.1) is 5.82 Å². The lowest BCUT2D eigenvalue weighted by molar-refractivity contribution is -0.150. The fourth-order valence-electron chi connectivity index (χ4n) is 5.42. The summed E-state index contributed by atoms with van der Waals surface area (Å²) in [7, 11) is 0. The maximum absolute atomic E-state index is 14.8. The van der Waals surface area contributed by atoms with E-state index in [9.17, 15) is 23.6 Å².